The third-order valence-corrected chi connectivity index (χ3v) is 3.61. The normalized spacial score (nSPS) is 15.8. The Morgan fingerprint density at radius 3 is 2.05 bits per heavy atom. The number of piperazine rings is 1. The van der Waals surface area contributed by atoms with E-state index in [4.69, 9.17) is 10.5 Å². The average molecular weight is 328 g/mol. The van der Waals surface area contributed by atoms with Crippen LogP contribution in [0.5, 0.6) is 5.75 Å². The summed E-state index contributed by atoms with van der Waals surface area (Å²) in [6.45, 7) is 3.80. The van der Waals surface area contributed by atoms with Gasteiger partial charge in [-0.25, -0.2) is 0 Å². The zero-order valence-corrected chi connectivity index (χ0v) is 13.6. The molecule has 0 spiro atoms. The molecule has 0 bridgehead atoms. The molecule has 1 fully saturated rings. The van der Waals surface area contributed by atoms with Crippen molar-refractivity contribution in [1.29, 1.82) is 0 Å². The van der Waals surface area contributed by atoms with Crippen molar-refractivity contribution in [1.82, 2.24) is 9.80 Å². The predicted molar refractivity (Wildman–Crippen MR) is 86.4 cm³/mol. The van der Waals surface area contributed by atoms with Crippen LogP contribution in [0.2, 0.25) is 0 Å². The Morgan fingerprint density at radius 1 is 1.09 bits per heavy atom. The highest BCUT2D eigenvalue weighted by Gasteiger charge is 2.26. The fraction of sp³-hybridized carbons (Fsp3) is 0.467. The van der Waals surface area contributed by atoms with Crippen molar-refractivity contribution in [2.45, 2.75) is 13.0 Å². The Morgan fingerprint density at radius 2 is 1.59 bits per heavy atom. The second kappa shape index (κ2) is 8.00. The molecule has 6 nitrogen and oxygen atoms in total. The van der Waals surface area contributed by atoms with Gasteiger partial charge in [0, 0.05) is 31.7 Å². The van der Waals surface area contributed by atoms with Crippen LogP contribution >= 0.6 is 12.4 Å². The quantitative estimate of drug-likeness (QED) is 0.889. The molecule has 0 aliphatic carbocycles. The number of ether oxygens (including phenoxy) is 1. The van der Waals surface area contributed by atoms with Gasteiger partial charge in [0.05, 0.1) is 13.2 Å². The molecule has 122 valence electrons. The molecule has 2 N–H and O–H groups in total. The molecule has 0 radical (unpaired) electrons. The molecule has 22 heavy (non-hydrogen) atoms. The molecule has 1 saturated heterocycles. The Balaban J connectivity index is 0.00000242. The van der Waals surface area contributed by atoms with E-state index in [1.165, 1.54) is 0 Å². The molecule has 7 heteroatoms. The van der Waals surface area contributed by atoms with Gasteiger partial charge in [0.25, 0.3) is 5.91 Å². The number of hydrogen-bond donors (Lipinski definition) is 1. The molecule has 0 aromatic heterocycles. The number of halogens is 1. The highest BCUT2D eigenvalue weighted by atomic mass is 35.5. The Bertz CT molecular complexity index is 511. The zero-order chi connectivity index (χ0) is 15.4. The van der Waals surface area contributed by atoms with Crippen LogP contribution in [-0.2, 0) is 4.79 Å². The lowest BCUT2D eigenvalue weighted by molar-refractivity contribution is -0.133. The Kier molecular flexibility index (Phi) is 6.64. The number of nitrogens with two attached hydrogens (primary N) is 1. The second-order valence-corrected chi connectivity index (χ2v) is 5.13. The summed E-state index contributed by atoms with van der Waals surface area (Å²) in [5.74, 6) is 0.635. The molecule has 1 aliphatic heterocycles. The number of nitrogens with zero attached hydrogens (tertiary/aromatic N) is 2. The molecule has 1 aromatic rings. The summed E-state index contributed by atoms with van der Waals surface area (Å²) in [6.07, 6.45) is 0. The summed E-state index contributed by atoms with van der Waals surface area (Å²) < 4.78 is 5.08. The lowest BCUT2D eigenvalue weighted by atomic mass is 10.1. The van der Waals surface area contributed by atoms with Crippen molar-refractivity contribution in [3.63, 3.8) is 0 Å². The summed E-state index contributed by atoms with van der Waals surface area (Å²) >= 11 is 0. The van der Waals surface area contributed by atoms with Crippen molar-refractivity contribution >= 4 is 24.2 Å². The molecule has 1 aliphatic rings. The smallest absolute Gasteiger partial charge is 0.253 e. The van der Waals surface area contributed by atoms with Crippen LogP contribution < -0.4 is 10.5 Å². The van der Waals surface area contributed by atoms with Crippen molar-refractivity contribution < 1.29 is 14.3 Å². The first-order valence-electron chi connectivity index (χ1n) is 7.00. The summed E-state index contributed by atoms with van der Waals surface area (Å²) in [7, 11) is 1.59. The van der Waals surface area contributed by atoms with Gasteiger partial charge in [-0.1, -0.05) is 0 Å². The lowest BCUT2D eigenvalue weighted by Gasteiger charge is -2.35. The topological polar surface area (TPSA) is 75.9 Å². The molecular weight excluding hydrogens is 306 g/mol. The van der Waals surface area contributed by atoms with Crippen molar-refractivity contribution in [3.8, 4) is 5.75 Å². The van der Waals surface area contributed by atoms with Gasteiger partial charge in [0.1, 0.15) is 5.75 Å². The molecule has 0 saturated carbocycles. The third kappa shape index (κ3) is 4.11. The SMILES string of the molecule is COc1ccc(C(=O)N2CCN(C(=O)[C@@H](C)N)CC2)cc1.Cl. The van der Waals surface area contributed by atoms with Crippen LogP contribution in [0.4, 0.5) is 0 Å². The highest BCUT2D eigenvalue weighted by molar-refractivity contribution is 5.94. The van der Waals surface area contributed by atoms with E-state index in [-0.39, 0.29) is 24.2 Å². The van der Waals surface area contributed by atoms with Gasteiger partial charge in [-0.2, -0.15) is 0 Å². The molecule has 1 atom stereocenters. The number of amides is 2. The first kappa shape index (κ1) is 18.3. The van der Waals surface area contributed by atoms with Gasteiger partial charge in [0.2, 0.25) is 5.91 Å². The van der Waals surface area contributed by atoms with E-state index in [9.17, 15) is 9.59 Å². The van der Waals surface area contributed by atoms with E-state index >= 15 is 0 Å². The van der Waals surface area contributed by atoms with Crippen LogP contribution in [0.3, 0.4) is 0 Å². The molecule has 0 unspecified atom stereocenters. The molecule has 1 aromatic carbocycles. The number of hydrogen-bond acceptors (Lipinski definition) is 4. The summed E-state index contributed by atoms with van der Waals surface area (Å²) in [5.41, 5.74) is 6.22. The van der Waals surface area contributed by atoms with E-state index in [0.29, 0.717) is 31.7 Å². The van der Waals surface area contributed by atoms with E-state index in [1.54, 1.807) is 48.1 Å². The monoisotopic (exact) mass is 327 g/mol. The minimum atomic E-state index is -0.492. The van der Waals surface area contributed by atoms with Crippen molar-refractivity contribution in [2.24, 2.45) is 5.73 Å². The standard InChI is InChI=1S/C15H21N3O3.ClH/c1-11(16)14(19)17-7-9-18(10-8-17)15(20)12-3-5-13(21-2)6-4-12;/h3-6,11H,7-10,16H2,1-2H3;1H/t11-;/m1./s1. The van der Waals surface area contributed by atoms with Crippen LogP contribution in [0.25, 0.3) is 0 Å². The van der Waals surface area contributed by atoms with Crippen LogP contribution in [-0.4, -0.2) is 60.9 Å². The number of benzene rings is 1. The number of carbonyl (C=O) groups excluding carboxylic acids is 2. The Hall–Kier alpha value is -1.79. The third-order valence-electron chi connectivity index (χ3n) is 3.61. The zero-order valence-electron chi connectivity index (χ0n) is 12.8. The predicted octanol–water partition coefficient (Wildman–Crippen LogP) is 0.749. The van der Waals surface area contributed by atoms with Gasteiger partial charge in [-0.05, 0) is 31.2 Å². The number of carbonyl (C=O) groups is 2. The second-order valence-electron chi connectivity index (χ2n) is 5.13. The van der Waals surface area contributed by atoms with Crippen LogP contribution in [0.1, 0.15) is 17.3 Å². The van der Waals surface area contributed by atoms with Crippen molar-refractivity contribution in [3.05, 3.63) is 29.8 Å². The van der Waals surface area contributed by atoms with Crippen LogP contribution in [0.15, 0.2) is 24.3 Å². The summed E-state index contributed by atoms with van der Waals surface area (Å²) in [5, 5.41) is 0. The van der Waals surface area contributed by atoms with E-state index in [2.05, 4.69) is 0 Å². The van der Waals surface area contributed by atoms with Gasteiger partial charge in [-0.15, -0.1) is 12.4 Å². The van der Waals surface area contributed by atoms with Gasteiger partial charge in [0.15, 0.2) is 0 Å². The van der Waals surface area contributed by atoms with Crippen LogP contribution in [0, 0.1) is 0 Å². The molecule has 2 amide bonds. The Labute approximate surface area is 136 Å². The molecule has 2 rings (SSSR count). The van der Waals surface area contributed by atoms with Gasteiger partial charge in [-0.3, -0.25) is 9.59 Å². The lowest BCUT2D eigenvalue weighted by Crippen LogP contribution is -2.53. The summed E-state index contributed by atoms with van der Waals surface area (Å²) in [6, 6.07) is 6.54. The van der Waals surface area contributed by atoms with E-state index in [0.717, 1.165) is 5.75 Å². The van der Waals surface area contributed by atoms with E-state index in [1.807, 2.05) is 0 Å². The average Bonchev–Trinajstić information content (AvgIpc) is 2.53. The van der Waals surface area contributed by atoms with Gasteiger partial charge >= 0.3 is 0 Å². The number of rotatable bonds is 3. The maximum atomic E-state index is 12.4. The van der Waals surface area contributed by atoms with Crippen molar-refractivity contribution in [2.75, 3.05) is 33.3 Å². The summed E-state index contributed by atoms with van der Waals surface area (Å²) in [4.78, 5) is 27.6. The highest BCUT2D eigenvalue weighted by Crippen LogP contribution is 2.14. The first-order chi connectivity index (χ1) is 10.0. The fourth-order valence-corrected chi connectivity index (χ4v) is 2.33. The first-order valence-corrected chi connectivity index (χ1v) is 7.00. The molecule has 1 heterocycles. The minimum absolute atomic E-state index is 0. The van der Waals surface area contributed by atoms with E-state index < -0.39 is 6.04 Å². The number of methoxy groups -OCH3 is 1. The maximum absolute atomic E-state index is 12.4. The fourth-order valence-electron chi connectivity index (χ4n) is 2.33. The molecular formula is C15H22ClN3O3. The van der Waals surface area contributed by atoms with Gasteiger partial charge < -0.3 is 20.3 Å². The minimum Gasteiger partial charge on any atom is -0.497 e. The largest absolute Gasteiger partial charge is 0.497 e. The maximum Gasteiger partial charge on any atom is 0.253 e.